The summed E-state index contributed by atoms with van der Waals surface area (Å²) in [4.78, 5) is 38.2. The van der Waals surface area contributed by atoms with E-state index < -0.39 is 6.10 Å². The van der Waals surface area contributed by atoms with Crippen molar-refractivity contribution in [3.63, 3.8) is 0 Å². The van der Waals surface area contributed by atoms with E-state index in [1.54, 1.807) is 0 Å². The molecule has 0 aromatic rings. The molecule has 0 aromatic heterocycles. The summed E-state index contributed by atoms with van der Waals surface area (Å²) in [6, 6.07) is 0. The average molecular weight is 1020 g/mol. The van der Waals surface area contributed by atoms with E-state index in [1.807, 2.05) is 0 Å². The van der Waals surface area contributed by atoms with Gasteiger partial charge >= 0.3 is 17.9 Å². The summed E-state index contributed by atoms with van der Waals surface area (Å²) in [6.07, 6.45) is 72.4. The molecule has 1 atom stereocenters. The summed E-state index contributed by atoms with van der Waals surface area (Å²) < 4.78 is 16.9. The molecule has 0 fully saturated rings. The second-order valence-electron chi connectivity index (χ2n) is 22.4. The molecule has 0 aliphatic rings. The smallest absolute Gasteiger partial charge is 0.306 e. The molecule has 6 heteroatoms. The Kier molecular flexibility index (Phi) is 60.1. The quantitative estimate of drug-likeness (QED) is 0.0261. The molecule has 0 N–H and O–H groups in total. The summed E-state index contributed by atoms with van der Waals surface area (Å²) in [5.41, 5.74) is 0. The van der Waals surface area contributed by atoms with Gasteiger partial charge in [0, 0.05) is 19.3 Å². The summed E-state index contributed by atoms with van der Waals surface area (Å²) in [7, 11) is 0. The predicted molar refractivity (Wildman–Crippen MR) is 312 cm³/mol. The Morgan fingerprint density at radius 2 is 0.458 bits per heavy atom. The zero-order valence-corrected chi connectivity index (χ0v) is 49.0. The number of carbonyl (C=O) groups excluding carboxylic acids is 3. The standard InChI is InChI=1S/C66H126O6/c1-4-7-10-13-16-19-21-23-25-27-29-31-33-35-36-38-40-42-44-47-50-53-56-59-65(68)71-62-63(61-70-64(67)58-55-52-49-46-18-15-12-9-6-3)72-66(69)60-57-54-51-48-45-43-41-39-37-34-32-30-28-26-24-22-20-17-14-11-8-5-2/h27,29,63H,4-26,28,30-62H2,1-3H3/b29-27-. The molecular weight excluding hydrogens is 889 g/mol. The molecule has 6 nitrogen and oxygen atoms in total. The Balaban J connectivity index is 4.14. The van der Waals surface area contributed by atoms with Gasteiger partial charge in [-0.25, -0.2) is 0 Å². The van der Waals surface area contributed by atoms with Crippen molar-refractivity contribution in [3.05, 3.63) is 12.2 Å². The van der Waals surface area contributed by atoms with Gasteiger partial charge in [0.1, 0.15) is 13.2 Å². The van der Waals surface area contributed by atoms with Crippen LogP contribution in [-0.4, -0.2) is 37.2 Å². The second kappa shape index (κ2) is 61.7. The number of ether oxygens (including phenoxy) is 3. The van der Waals surface area contributed by atoms with Crippen LogP contribution in [0.3, 0.4) is 0 Å². The van der Waals surface area contributed by atoms with E-state index >= 15 is 0 Å². The van der Waals surface area contributed by atoms with E-state index in [4.69, 9.17) is 14.2 Å². The first-order valence-corrected chi connectivity index (χ1v) is 32.7. The molecule has 0 saturated carbocycles. The SMILES string of the molecule is CCCCCCCCCC/C=C\CCCCCCCCCCCCCC(=O)OCC(COC(=O)CCCCCCCCCCC)OC(=O)CCCCCCCCCCCCCCCCCCCCCCCC. The zero-order valence-electron chi connectivity index (χ0n) is 49.0. The Hall–Kier alpha value is -1.85. The van der Waals surface area contributed by atoms with Crippen molar-refractivity contribution in [2.24, 2.45) is 0 Å². The molecule has 0 spiro atoms. The minimum Gasteiger partial charge on any atom is -0.462 e. The van der Waals surface area contributed by atoms with E-state index in [0.29, 0.717) is 19.3 Å². The third-order valence-electron chi connectivity index (χ3n) is 15.0. The van der Waals surface area contributed by atoms with Gasteiger partial charge in [0.25, 0.3) is 0 Å². The van der Waals surface area contributed by atoms with Crippen molar-refractivity contribution in [1.82, 2.24) is 0 Å². The van der Waals surface area contributed by atoms with Crippen LogP contribution in [0, 0.1) is 0 Å². The maximum atomic E-state index is 12.9. The molecule has 72 heavy (non-hydrogen) atoms. The molecular formula is C66H126O6. The summed E-state index contributed by atoms with van der Waals surface area (Å²) in [6.45, 7) is 6.69. The molecule has 0 amide bonds. The Morgan fingerprint density at radius 3 is 0.694 bits per heavy atom. The van der Waals surface area contributed by atoms with Gasteiger partial charge < -0.3 is 14.2 Å². The van der Waals surface area contributed by atoms with Crippen molar-refractivity contribution in [2.75, 3.05) is 13.2 Å². The van der Waals surface area contributed by atoms with Crippen LogP contribution in [-0.2, 0) is 28.6 Å². The second-order valence-corrected chi connectivity index (χ2v) is 22.4. The minimum absolute atomic E-state index is 0.0641. The van der Waals surface area contributed by atoms with Gasteiger partial charge in [-0.1, -0.05) is 322 Å². The van der Waals surface area contributed by atoms with Gasteiger partial charge in [0.2, 0.25) is 0 Å². The summed E-state index contributed by atoms with van der Waals surface area (Å²) in [5, 5.41) is 0. The first-order chi connectivity index (χ1) is 35.5. The number of hydrogen-bond acceptors (Lipinski definition) is 6. The van der Waals surface area contributed by atoms with Crippen LogP contribution in [0.25, 0.3) is 0 Å². The van der Waals surface area contributed by atoms with E-state index in [1.165, 1.54) is 276 Å². The molecule has 0 aromatic carbocycles. The van der Waals surface area contributed by atoms with Crippen molar-refractivity contribution < 1.29 is 28.6 Å². The van der Waals surface area contributed by atoms with Crippen molar-refractivity contribution in [1.29, 1.82) is 0 Å². The van der Waals surface area contributed by atoms with Gasteiger partial charge in [-0.05, 0) is 44.9 Å². The molecule has 0 aliphatic heterocycles. The molecule has 0 bridgehead atoms. The van der Waals surface area contributed by atoms with Crippen LogP contribution >= 0.6 is 0 Å². The number of rotatable bonds is 61. The lowest BCUT2D eigenvalue weighted by atomic mass is 10.0. The highest BCUT2D eigenvalue weighted by Crippen LogP contribution is 2.18. The van der Waals surface area contributed by atoms with Crippen molar-refractivity contribution in [2.45, 2.75) is 380 Å². The van der Waals surface area contributed by atoms with Crippen LogP contribution in [0.15, 0.2) is 12.2 Å². The maximum Gasteiger partial charge on any atom is 0.306 e. The maximum absolute atomic E-state index is 12.9. The monoisotopic (exact) mass is 1010 g/mol. The van der Waals surface area contributed by atoms with E-state index in [9.17, 15) is 14.4 Å². The number of carbonyl (C=O) groups is 3. The predicted octanol–water partition coefficient (Wildman–Crippen LogP) is 22.1. The third kappa shape index (κ3) is 59.0. The van der Waals surface area contributed by atoms with Crippen LogP contribution in [0.1, 0.15) is 374 Å². The van der Waals surface area contributed by atoms with Crippen LogP contribution in [0.4, 0.5) is 0 Å². The Bertz CT molecular complexity index is 1120. The van der Waals surface area contributed by atoms with Gasteiger partial charge in [-0.3, -0.25) is 14.4 Å². The average Bonchev–Trinajstić information content (AvgIpc) is 3.38. The number of hydrogen-bond donors (Lipinski definition) is 0. The molecule has 0 radical (unpaired) electrons. The van der Waals surface area contributed by atoms with E-state index in [0.717, 1.165) is 57.8 Å². The molecule has 1 unspecified atom stereocenters. The van der Waals surface area contributed by atoms with Gasteiger partial charge in [-0.15, -0.1) is 0 Å². The third-order valence-corrected chi connectivity index (χ3v) is 15.0. The zero-order chi connectivity index (χ0) is 52.2. The number of unbranched alkanes of at least 4 members (excludes halogenated alkanes) is 48. The number of allylic oxidation sites excluding steroid dienone is 2. The lowest BCUT2D eigenvalue weighted by molar-refractivity contribution is -0.167. The lowest BCUT2D eigenvalue weighted by Crippen LogP contribution is -2.30. The fourth-order valence-corrected chi connectivity index (χ4v) is 10.1. The first kappa shape index (κ1) is 70.1. The lowest BCUT2D eigenvalue weighted by Gasteiger charge is -2.18. The topological polar surface area (TPSA) is 78.9 Å². The minimum atomic E-state index is -0.764. The fraction of sp³-hybridized carbons (Fsp3) is 0.924. The van der Waals surface area contributed by atoms with Gasteiger partial charge in [-0.2, -0.15) is 0 Å². The van der Waals surface area contributed by atoms with Crippen molar-refractivity contribution in [3.8, 4) is 0 Å². The highest BCUT2D eigenvalue weighted by molar-refractivity contribution is 5.71. The van der Waals surface area contributed by atoms with E-state index in [-0.39, 0.29) is 31.1 Å². The largest absolute Gasteiger partial charge is 0.462 e. The summed E-state index contributed by atoms with van der Waals surface area (Å²) in [5.74, 6) is -0.838. The van der Waals surface area contributed by atoms with Crippen LogP contribution in [0.5, 0.6) is 0 Å². The van der Waals surface area contributed by atoms with Crippen molar-refractivity contribution >= 4 is 17.9 Å². The molecule has 0 aliphatic carbocycles. The van der Waals surface area contributed by atoms with Gasteiger partial charge in [0.05, 0.1) is 0 Å². The Morgan fingerprint density at radius 1 is 0.264 bits per heavy atom. The van der Waals surface area contributed by atoms with Crippen LogP contribution in [0.2, 0.25) is 0 Å². The number of esters is 3. The summed E-state index contributed by atoms with van der Waals surface area (Å²) >= 11 is 0. The molecule has 426 valence electrons. The van der Waals surface area contributed by atoms with Gasteiger partial charge in [0.15, 0.2) is 6.10 Å². The molecule has 0 saturated heterocycles. The van der Waals surface area contributed by atoms with Crippen LogP contribution < -0.4 is 0 Å². The highest BCUT2D eigenvalue weighted by atomic mass is 16.6. The fourth-order valence-electron chi connectivity index (χ4n) is 10.1. The molecule has 0 rings (SSSR count). The molecule has 0 heterocycles. The normalized spacial score (nSPS) is 12.0. The first-order valence-electron chi connectivity index (χ1n) is 32.7. The van der Waals surface area contributed by atoms with E-state index in [2.05, 4.69) is 32.9 Å². The Labute approximate surface area is 450 Å². The highest BCUT2D eigenvalue weighted by Gasteiger charge is 2.19.